The number of hydrogen-bond acceptors (Lipinski definition) is 5. The van der Waals surface area contributed by atoms with E-state index >= 15 is 0 Å². The second kappa shape index (κ2) is 8.15. The minimum absolute atomic E-state index is 0.0187. The number of carbonyl (C=O) groups is 1. The van der Waals surface area contributed by atoms with Gasteiger partial charge in [-0.15, -0.1) is 13.2 Å². The zero-order chi connectivity index (χ0) is 23.8. The van der Waals surface area contributed by atoms with Crippen LogP contribution in [0.25, 0.3) is 22.2 Å². The fourth-order valence-corrected chi connectivity index (χ4v) is 3.10. The van der Waals surface area contributed by atoms with Crippen LogP contribution in [0.3, 0.4) is 0 Å². The predicted octanol–water partition coefficient (Wildman–Crippen LogP) is 4.36. The van der Waals surface area contributed by atoms with Gasteiger partial charge in [-0.2, -0.15) is 23.0 Å². The van der Waals surface area contributed by atoms with Gasteiger partial charge in [-0.1, -0.05) is 12.1 Å². The third kappa shape index (κ3) is 5.07. The average molecular weight is 470 g/mol. The smallest absolute Gasteiger partial charge is 0.406 e. The lowest BCUT2D eigenvalue weighted by Crippen LogP contribution is -2.33. The van der Waals surface area contributed by atoms with Gasteiger partial charge in [0.15, 0.2) is 5.65 Å². The molecule has 0 unspecified atom stereocenters. The van der Waals surface area contributed by atoms with Crippen LogP contribution >= 0.6 is 0 Å². The number of nitrogens with zero attached hydrogens (tertiary/aromatic N) is 4. The molecule has 4 rings (SSSR count). The molecular formula is C20H12F6N4O3. The summed E-state index contributed by atoms with van der Waals surface area (Å²) in [7, 11) is 0. The summed E-state index contributed by atoms with van der Waals surface area (Å²) in [5, 5.41) is 4.57. The first kappa shape index (κ1) is 22.2. The molecule has 0 atom stereocenters. The van der Waals surface area contributed by atoms with Gasteiger partial charge in [-0.05, 0) is 35.4 Å². The van der Waals surface area contributed by atoms with Gasteiger partial charge in [0, 0.05) is 29.5 Å². The molecule has 0 aliphatic heterocycles. The predicted molar refractivity (Wildman–Crippen MR) is 101 cm³/mol. The van der Waals surface area contributed by atoms with Crippen LogP contribution in [-0.2, 0) is 11.3 Å². The van der Waals surface area contributed by atoms with Crippen LogP contribution in [0.2, 0.25) is 0 Å². The fraction of sp³-hybridized carbons (Fsp3) is 0.150. The average Bonchev–Trinajstić information content (AvgIpc) is 3.33. The topological polar surface area (TPSA) is 71.2 Å². The van der Waals surface area contributed by atoms with E-state index < -0.39 is 18.5 Å². The number of aromatic nitrogens is 4. The summed E-state index contributed by atoms with van der Waals surface area (Å²) in [6, 6.07) is 8.45. The zero-order valence-corrected chi connectivity index (χ0v) is 16.3. The molecule has 0 bridgehead atoms. The van der Waals surface area contributed by atoms with Gasteiger partial charge in [-0.3, -0.25) is 4.68 Å². The van der Waals surface area contributed by atoms with Crippen molar-refractivity contribution in [3.05, 3.63) is 66.7 Å². The number of benzene rings is 1. The van der Waals surface area contributed by atoms with Crippen molar-refractivity contribution in [3.63, 3.8) is 0 Å². The zero-order valence-electron chi connectivity index (χ0n) is 16.3. The monoisotopic (exact) mass is 470 g/mol. The third-order valence-corrected chi connectivity index (χ3v) is 4.39. The number of hydrogen-bond donors (Lipinski definition) is 0. The Balaban J connectivity index is 1.57. The number of carbonyl (C=O) groups excluding carboxylic acids is 1. The van der Waals surface area contributed by atoms with Crippen molar-refractivity contribution in [2.75, 3.05) is 0 Å². The van der Waals surface area contributed by atoms with E-state index in [9.17, 15) is 31.1 Å². The highest BCUT2D eigenvalue weighted by Crippen LogP contribution is 2.29. The van der Waals surface area contributed by atoms with Gasteiger partial charge < -0.3 is 9.57 Å². The molecule has 0 aliphatic carbocycles. The molecule has 0 spiro atoms. The van der Waals surface area contributed by atoms with Crippen molar-refractivity contribution in [1.82, 2.24) is 19.5 Å². The lowest BCUT2D eigenvalue weighted by Gasteiger charge is -2.10. The van der Waals surface area contributed by atoms with Gasteiger partial charge in [0.1, 0.15) is 5.75 Å². The maximum absolute atomic E-state index is 12.5. The van der Waals surface area contributed by atoms with Crippen LogP contribution in [0.1, 0.15) is 5.56 Å². The Labute approximate surface area is 180 Å². The van der Waals surface area contributed by atoms with Crippen molar-refractivity contribution < 1.29 is 40.7 Å². The van der Waals surface area contributed by atoms with Crippen molar-refractivity contribution in [2.45, 2.75) is 19.1 Å². The molecule has 13 heteroatoms. The second-order valence-corrected chi connectivity index (χ2v) is 6.74. The lowest BCUT2D eigenvalue weighted by atomic mass is 10.1. The van der Waals surface area contributed by atoms with Crippen LogP contribution in [0, 0.1) is 0 Å². The second-order valence-electron chi connectivity index (χ2n) is 6.74. The van der Waals surface area contributed by atoms with E-state index in [1.54, 1.807) is 18.3 Å². The van der Waals surface area contributed by atoms with E-state index in [-0.39, 0.29) is 17.9 Å². The number of alkyl halides is 6. The Kier molecular flexibility index (Phi) is 5.47. The van der Waals surface area contributed by atoms with Crippen molar-refractivity contribution in [1.29, 1.82) is 0 Å². The number of fused-ring (bicyclic) bond motifs is 1. The van der Waals surface area contributed by atoms with Crippen LogP contribution < -0.4 is 9.57 Å². The molecule has 0 fully saturated rings. The van der Waals surface area contributed by atoms with Crippen molar-refractivity contribution >= 4 is 17.0 Å². The van der Waals surface area contributed by atoms with Crippen LogP contribution in [-0.4, -0.2) is 38.0 Å². The quantitative estimate of drug-likeness (QED) is 0.406. The van der Waals surface area contributed by atoms with E-state index in [0.29, 0.717) is 26.8 Å². The molecule has 3 heterocycles. The standard InChI is InChI=1S/C20H12F6N4O3/c21-19(22,23)18(31)33-30-7-5-16-15(4-6-27-17(16)30)13-9-28-29(11-13)10-12-2-1-3-14(8-12)32-20(24,25)26/h1-9,11H,10H2. The normalized spacial score (nSPS) is 12.2. The van der Waals surface area contributed by atoms with Crippen LogP contribution in [0.4, 0.5) is 26.3 Å². The van der Waals surface area contributed by atoms with E-state index in [1.165, 1.54) is 41.3 Å². The molecule has 0 saturated carbocycles. The SMILES string of the molecule is O=C(On1ccc2c(-c3cnn(Cc4cccc(OC(F)(F)F)c4)c3)ccnc21)C(F)(F)F. The van der Waals surface area contributed by atoms with Gasteiger partial charge in [0.05, 0.1) is 12.7 Å². The molecule has 0 amide bonds. The number of halogens is 6. The summed E-state index contributed by atoms with van der Waals surface area (Å²) < 4.78 is 80.7. The highest BCUT2D eigenvalue weighted by atomic mass is 19.4. The molecule has 33 heavy (non-hydrogen) atoms. The van der Waals surface area contributed by atoms with E-state index in [1.807, 2.05) is 0 Å². The Hall–Kier alpha value is -4.03. The number of pyridine rings is 1. The minimum Gasteiger partial charge on any atom is -0.406 e. The summed E-state index contributed by atoms with van der Waals surface area (Å²) in [6.45, 7) is 0.132. The summed E-state index contributed by atoms with van der Waals surface area (Å²) in [5.74, 6) is -2.75. The largest absolute Gasteiger partial charge is 0.573 e. The number of rotatable bonds is 5. The molecule has 172 valence electrons. The summed E-state index contributed by atoms with van der Waals surface area (Å²) in [5.41, 5.74) is 1.58. The Morgan fingerprint density at radius 3 is 2.58 bits per heavy atom. The molecule has 3 aromatic heterocycles. The fourth-order valence-electron chi connectivity index (χ4n) is 3.10. The molecule has 7 nitrogen and oxygen atoms in total. The number of ether oxygens (including phenoxy) is 1. The maximum Gasteiger partial charge on any atom is 0.573 e. The van der Waals surface area contributed by atoms with E-state index in [0.717, 1.165) is 6.20 Å². The molecule has 0 radical (unpaired) electrons. The molecule has 0 saturated heterocycles. The van der Waals surface area contributed by atoms with E-state index in [4.69, 9.17) is 0 Å². The minimum atomic E-state index is -5.17. The Bertz CT molecular complexity index is 1310. The first-order valence-corrected chi connectivity index (χ1v) is 9.13. The first-order valence-electron chi connectivity index (χ1n) is 9.13. The summed E-state index contributed by atoms with van der Waals surface area (Å²) in [6.07, 6.45) is -4.45. The Morgan fingerprint density at radius 2 is 1.85 bits per heavy atom. The van der Waals surface area contributed by atoms with Crippen molar-refractivity contribution in [2.24, 2.45) is 0 Å². The van der Waals surface area contributed by atoms with Crippen molar-refractivity contribution in [3.8, 4) is 16.9 Å². The first-order chi connectivity index (χ1) is 15.5. The van der Waals surface area contributed by atoms with Crippen LogP contribution in [0.15, 0.2) is 61.2 Å². The van der Waals surface area contributed by atoms with Gasteiger partial charge in [-0.25, -0.2) is 9.78 Å². The maximum atomic E-state index is 12.5. The van der Waals surface area contributed by atoms with Gasteiger partial charge in [0.2, 0.25) is 0 Å². The summed E-state index contributed by atoms with van der Waals surface area (Å²) >= 11 is 0. The van der Waals surface area contributed by atoms with E-state index in [2.05, 4.69) is 19.7 Å². The highest BCUT2D eigenvalue weighted by Gasteiger charge is 2.42. The molecule has 1 aromatic carbocycles. The summed E-state index contributed by atoms with van der Waals surface area (Å²) in [4.78, 5) is 19.4. The molecule has 0 aliphatic rings. The molecule has 0 N–H and O–H groups in total. The van der Waals surface area contributed by atoms with Crippen LogP contribution in [0.5, 0.6) is 5.75 Å². The van der Waals surface area contributed by atoms with Gasteiger partial charge >= 0.3 is 18.5 Å². The lowest BCUT2D eigenvalue weighted by molar-refractivity contribution is -0.274. The Morgan fingerprint density at radius 1 is 1.06 bits per heavy atom. The highest BCUT2D eigenvalue weighted by molar-refractivity contribution is 5.93. The molecule has 4 aromatic rings. The van der Waals surface area contributed by atoms with Gasteiger partial charge in [0.25, 0.3) is 0 Å². The molecular weight excluding hydrogens is 458 g/mol. The third-order valence-electron chi connectivity index (χ3n) is 4.39.